The molecule has 2 aliphatic rings. The zero-order valence-electron chi connectivity index (χ0n) is 24.9. The van der Waals surface area contributed by atoms with Gasteiger partial charge in [-0.3, -0.25) is 14.5 Å². The number of amides is 1. The molecule has 3 heterocycles. The summed E-state index contributed by atoms with van der Waals surface area (Å²) < 4.78 is 12.9. The normalized spacial score (nSPS) is 19.5. The lowest BCUT2D eigenvalue weighted by Gasteiger charge is -2.37. The van der Waals surface area contributed by atoms with Crippen LogP contribution in [-0.2, 0) is 22.6 Å². The number of nitrogens with two attached hydrogens (primary N) is 1. The van der Waals surface area contributed by atoms with E-state index < -0.39 is 0 Å². The van der Waals surface area contributed by atoms with Crippen molar-refractivity contribution in [2.75, 3.05) is 65.0 Å². The van der Waals surface area contributed by atoms with Gasteiger partial charge in [0.15, 0.2) is 11.6 Å². The molecule has 0 saturated carbocycles. The number of methoxy groups -OCH3 is 1. The van der Waals surface area contributed by atoms with E-state index in [2.05, 4.69) is 24.0 Å². The third-order valence-electron chi connectivity index (χ3n) is 8.36. The number of benzene rings is 2. The maximum absolute atomic E-state index is 13.8. The van der Waals surface area contributed by atoms with Crippen molar-refractivity contribution < 1.29 is 19.1 Å². The van der Waals surface area contributed by atoms with Crippen LogP contribution in [-0.4, -0.2) is 91.5 Å². The Morgan fingerprint density at radius 3 is 2.38 bits per heavy atom. The monoisotopic (exact) mass is 574 g/mol. The van der Waals surface area contributed by atoms with Gasteiger partial charge in [-0.1, -0.05) is 49.4 Å². The molecule has 5 rings (SSSR count). The van der Waals surface area contributed by atoms with Crippen molar-refractivity contribution in [2.45, 2.75) is 32.4 Å². The summed E-state index contributed by atoms with van der Waals surface area (Å²) in [6.07, 6.45) is 0.814. The van der Waals surface area contributed by atoms with E-state index in [1.165, 1.54) is 4.68 Å². The topological polar surface area (TPSA) is 106 Å². The fourth-order valence-corrected chi connectivity index (χ4v) is 6.04. The van der Waals surface area contributed by atoms with Crippen LogP contribution in [0.4, 0.5) is 5.82 Å². The standard InChI is InChI=1S/C32H42N6O4/c1-23-20-36(22-28(39)37-15-17-42-18-16-37)14-13-27(23)29-30(41-3)31(35(2)21-25-11-9-24(19-33)10-12-25)38(34-29)32(40)26-7-5-4-6-8-26/h4-12,23,27H,13-22,33H2,1-3H3. The van der Waals surface area contributed by atoms with Crippen LogP contribution < -0.4 is 15.4 Å². The van der Waals surface area contributed by atoms with E-state index in [1.54, 1.807) is 19.2 Å². The van der Waals surface area contributed by atoms with Gasteiger partial charge in [0.2, 0.25) is 5.91 Å². The van der Waals surface area contributed by atoms with E-state index in [9.17, 15) is 9.59 Å². The summed E-state index contributed by atoms with van der Waals surface area (Å²) in [4.78, 5) is 32.9. The van der Waals surface area contributed by atoms with Gasteiger partial charge in [0.05, 0.1) is 26.9 Å². The molecule has 2 aromatic carbocycles. The number of rotatable bonds is 9. The summed E-state index contributed by atoms with van der Waals surface area (Å²) in [6, 6.07) is 17.4. The molecule has 2 atom stereocenters. The second-order valence-electron chi connectivity index (χ2n) is 11.3. The molecule has 2 unspecified atom stereocenters. The number of hydrogen-bond acceptors (Lipinski definition) is 8. The number of anilines is 1. The molecular weight excluding hydrogens is 532 g/mol. The number of aromatic nitrogens is 2. The van der Waals surface area contributed by atoms with Gasteiger partial charge < -0.3 is 25.0 Å². The van der Waals surface area contributed by atoms with E-state index in [-0.39, 0.29) is 23.7 Å². The Morgan fingerprint density at radius 2 is 1.74 bits per heavy atom. The van der Waals surface area contributed by atoms with Crippen LogP contribution in [0.1, 0.15) is 46.4 Å². The minimum atomic E-state index is -0.207. The number of hydrogen-bond donors (Lipinski definition) is 1. The van der Waals surface area contributed by atoms with Gasteiger partial charge in [-0.05, 0) is 42.1 Å². The number of carbonyl (C=O) groups is 2. The molecule has 2 N–H and O–H groups in total. The lowest BCUT2D eigenvalue weighted by Crippen LogP contribution is -2.48. The lowest BCUT2D eigenvalue weighted by atomic mass is 9.84. The number of piperidine rings is 1. The van der Waals surface area contributed by atoms with Gasteiger partial charge in [-0.2, -0.15) is 9.78 Å². The first-order valence-corrected chi connectivity index (χ1v) is 14.7. The molecule has 0 radical (unpaired) electrons. The maximum Gasteiger partial charge on any atom is 0.280 e. The molecule has 2 fully saturated rings. The maximum atomic E-state index is 13.8. The Bertz CT molecular complexity index is 1350. The van der Waals surface area contributed by atoms with E-state index in [1.807, 2.05) is 47.2 Å². The first-order valence-electron chi connectivity index (χ1n) is 14.7. The van der Waals surface area contributed by atoms with Crippen molar-refractivity contribution in [1.29, 1.82) is 0 Å². The van der Waals surface area contributed by atoms with Crippen molar-refractivity contribution in [3.05, 3.63) is 77.0 Å². The summed E-state index contributed by atoms with van der Waals surface area (Å²) in [5.41, 5.74) is 9.28. The van der Waals surface area contributed by atoms with E-state index >= 15 is 0 Å². The summed E-state index contributed by atoms with van der Waals surface area (Å²) in [6.45, 7) is 7.70. The predicted octanol–water partition coefficient (Wildman–Crippen LogP) is 2.96. The highest BCUT2D eigenvalue weighted by Gasteiger charge is 2.36. The van der Waals surface area contributed by atoms with Gasteiger partial charge in [-0.25, -0.2) is 0 Å². The van der Waals surface area contributed by atoms with Crippen LogP contribution in [0.2, 0.25) is 0 Å². The van der Waals surface area contributed by atoms with Crippen LogP contribution in [0, 0.1) is 5.92 Å². The highest BCUT2D eigenvalue weighted by molar-refractivity contribution is 5.98. The Hall–Kier alpha value is -3.73. The largest absolute Gasteiger partial charge is 0.491 e. The quantitative estimate of drug-likeness (QED) is 0.416. The highest BCUT2D eigenvalue weighted by atomic mass is 16.5. The number of carbonyl (C=O) groups excluding carboxylic acids is 2. The predicted molar refractivity (Wildman–Crippen MR) is 162 cm³/mol. The minimum Gasteiger partial charge on any atom is -0.491 e. The third kappa shape index (κ3) is 6.51. The SMILES string of the molecule is COc1c(C2CCN(CC(=O)N3CCOCC3)CC2C)nn(C(=O)c2ccccc2)c1N(C)Cc1ccc(CN)cc1. The second-order valence-corrected chi connectivity index (χ2v) is 11.3. The average molecular weight is 575 g/mol. The Morgan fingerprint density at radius 1 is 1.05 bits per heavy atom. The molecule has 224 valence electrons. The van der Waals surface area contributed by atoms with Gasteiger partial charge in [0.25, 0.3) is 5.91 Å². The van der Waals surface area contributed by atoms with Crippen molar-refractivity contribution in [3.63, 3.8) is 0 Å². The molecule has 0 spiro atoms. The second kappa shape index (κ2) is 13.5. The van der Waals surface area contributed by atoms with Gasteiger partial charge in [0.1, 0.15) is 5.69 Å². The Balaban J connectivity index is 1.41. The molecule has 1 aromatic heterocycles. The van der Waals surface area contributed by atoms with Gasteiger partial charge in [-0.15, -0.1) is 0 Å². The molecule has 10 nitrogen and oxygen atoms in total. The van der Waals surface area contributed by atoms with Crippen molar-refractivity contribution in [2.24, 2.45) is 11.7 Å². The van der Waals surface area contributed by atoms with Crippen molar-refractivity contribution in [3.8, 4) is 5.75 Å². The first-order chi connectivity index (χ1) is 20.4. The number of nitrogens with zero attached hydrogens (tertiary/aromatic N) is 5. The lowest BCUT2D eigenvalue weighted by molar-refractivity contribution is -0.136. The fraction of sp³-hybridized carbons (Fsp3) is 0.469. The van der Waals surface area contributed by atoms with E-state index in [0.717, 1.165) is 36.3 Å². The smallest absolute Gasteiger partial charge is 0.280 e. The van der Waals surface area contributed by atoms with Crippen LogP contribution in [0.3, 0.4) is 0 Å². The number of morpholine rings is 1. The van der Waals surface area contributed by atoms with Crippen molar-refractivity contribution >= 4 is 17.6 Å². The van der Waals surface area contributed by atoms with Crippen molar-refractivity contribution in [1.82, 2.24) is 19.6 Å². The summed E-state index contributed by atoms with van der Waals surface area (Å²) in [5.74, 6) is 1.48. The Kier molecular flexibility index (Phi) is 9.56. The average Bonchev–Trinajstić information content (AvgIpc) is 3.41. The van der Waals surface area contributed by atoms with Gasteiger partial charge >= 0.3 is 0 Å². The zero-order valence-corrected chi connectivity index (χ0v) is 24.9. The van der Waals surface area contributed by atoms with Crippen LogP contribution in [0.5, 0.6) is 5.75 Å². The summed E-state index contributed by atoms with van der Waals surface area (Å²) >= 11 is 0. The molecule has 0 bridgehead atoms. The third-order valence-corrected chi connectivity index (χ3v) is 8.36. The number of ether oxygens (including phenoxy) is 2. The highest BCUT2D eigenvalue weighted by Crippen LogP contribution is 2.42. The summed E-state index contributed by atoms with van der Waals surface area (Å²) in [5, 5.41) is 4.96. The molecular formula is C32H42N6O4. The van der Waals surface area contributed by atoms with Crippen LogP contribution in [0.15, 0.2) is 54.6 Å². The molecule has 42 heavy (non-hydrogen) atoms. The van der Waals surface area contributed by atoms with E-state index in [0.29, 0.717) is 63.1 Å². The number of likely N-dealkylation sites (tertiary alicyclic amines) is 1. The zero-order chi connectivity index (χ0) is 29.6. The minimum absolute atomic E-state index is 0.0792. The molecule has 10 heteroatoms. The molecule has 1 amide bonds. The summed E-state index contributed by atoms with van der Waals surface area (Å²) in [7, 11) is 3.60. The molecule has 2 aliphatic heterocycles. The van der Waals surface area contributed by atoms with Crippen LogP contribution in [0.25, 0.3) is 0 Å². The first kappa shape index (κ1) is 29.8. The molecule has 3 aromatic rings. The molecule has 0 aliphatic carbocycles. The molecule has 2 saturated heterocycles. The van der Waals surface area contributed by atoms with Gasteiger partial charge in [0, 0.05) is 51.3 Å². The van der Waals surface area contributed by atoms with E-state index in [4.69, 9.17) is 20.3 Å². The fourth-order valence-electron chi connectivity index (χ4n) is 6.04. The van der Waals surface area contributed by atoms with Crippen LogP contribution >= 0.6 is 0 Å². The Labute approximate surface area is 248 Å².